The molecule has 3 amide bonds. The predicted molar refractivity (Wildman–Crippen MR) is 136 cm³/mol. The van der Waals surface area contributed by atoms with Gasteiger partial charge in [0, 0.05) is 36.4 Å². The number of likely N-dealkylation sites (tertiary alicyclic amines) is 1. The number of piperidine rings is 1. The van der Waals surface area contributed by atoms with Crippen LogP contribution in [0, 0.1) is 12.8 Å². The molecule has 3 rings (SSSR count). The molecule has 0 saturated carbocycles. The Bertz CT molecular complexity index is 1100. The third-order valence-electron chi connectivity index (χ3n) is 5.85. The minimum absolute atomic E-state index is 0.0418. The number of hydrogen-bond acceptors (Lipinski definition) is 4. The standard InChI is InChI=1S/C25H31N3O3.C2HF3O2/c1-3-4-15-26-23(29)21-6-5-16-28(17-21)25(31)20-11-13-22(14-12-20)27-24(30)19-9-7-18(2)8-10-19;3-2(4,5)1(6)7/h7-14,21H,3-6,15-17H2,1-2H3,(H,26,29)(H,27,30);(H,6,7). The molecular weight excluding hydrogens is 503 g/mol. The Morgan fingerprint density at radius 3 is 2.13 bits per heavy atom. The van der Waals surface area contributed by atoms with Crippen LogP contribution in [0.4, 0.5) is 18.9 Å². The third-order valence-corrected chi connectivity index (χ3v) is 5.85. The zero-order valence-corrected chi connectivity index (χ0v) is 21.3. The average Bonchev–Trinajstić information content (AvgIpc) is 2.89. The number of nitrogens with zero attached hydrogens (tertiary/aromatic N) is 1. The second kappa shape index (κ2) is 14.2. The molecule has 3 N–H and O–H groups in total. The Labute approximate surface area is 219 Å². The largest absolute Gasteiger partial charge is 0.490 e. The first-order valence-corrected chi connectivity index (χ1v) is 12.3. The molecule has 1 fully saturated rings. The zero-order valence-electron chi connectivity index (χ0n) is 21.3. The molecule has 0 aromatic heterocycles. The monoisotopic (exact) mass is 535 g/mol. The van der Waals surface area contributed by atoms with Crippen LogP contribution in [0.25, 0.3) is 0 Å². The molecule has 2 aromatic carbocycles. The van der Waals surface area contributed by atoms with Gasteiger partial charge in [-0.25, -0.2) is 4.79 Å². The highest BCUT2D eigenvalue weighted by molar-refractivity contribution is 6.04. The van der Waals surface area contributed by atoms with Crippen LogP contribution < -0.4 is 10.6 Å². The molecule has 1 atom stereocenters. The van der Waals surface area contributed by atoms with E-state index < -0.39 is 12.1 Å². The van der Waals surface area contributed by atoms with Gasteiger partial charge in [-0.05, 0) is 62.6 Å². The molecule has 0 spiro atoms. The molecule has 38 heavy (non-hydrogen) atoms. The van der Waals surface area contributed by atoms with Crippen molar-refractivity contribution >= 4 is 29.4 Å². The van der Waals surface area contributed by atoms with Crippen LogP contribution in [0.3, 0.4) is 0 Å². The minimum Gasteiger partial charge on any atom is -0.475 e. The second-order valence-electron chi connectivity index (χ2n) is 8.94. The van der Waals surface area contributed by atoms with Gasteiger partial charge in [-0.1, -0.05) is 31.0 Å². The third kappa shape index (κ3) is 9.53. The SMILES string of the molecule is CCCCNC(=O)C1CCCN(C(=O)c2ccc(NC(=O)c3ccc(C)cc3)cc2)C1.O=C(O)C(F)(F)F. The Balaban J connectivity index is 0.000000638. The second-order valence-corrected chi connectivity index (χ2v) is 8.94. The number of anilines is 1. The number of carboxylic acids is 1. The van der Waals surface area contributed by atoms with Crippen molar-refractivity contribution in [3.63, 3.8) is 0 Å². The summed E-state index contributed by atoms with van der Waals surface area (Å²) in [6, 6.07) is 14.3. The Morgan fingerprint density at radius 2 is 1.58 bits per heavy atom. The van der Waals surface area contributed by atoms with Crippen LogP contribution in [-0.4, -0.2) is 59.5 Å². The van der Waals surface area contributed by atoms with E-state index in [1.54, 1.807) is 41.3 Å². The molecule has 11 heteroatoms. The number of carbonyl (C=O) groups excluding carboxylic acids is 3. The lowest BCUT2D eigenvalue weighted by Gasteiger charge is -2.32. The van der Waals surface area contributed by atoms with Gasteiger partial charge in [0.2, 0.25) is 5.91 Å². The van der Waals surface area contributed by atoms with Crippen molar-refractivity contribution in [1.29, 1.82) is 0 Å². The Kier molecular flexibility index (Phi) is 11.3. The Morgan fingerprint density at radius 1 is 1.00 bits per heavy atom. The van der Waals surface area contributed by atoms with Crippen molar-refractivity contribution in [2.24, 2.45) is 5.92 Å². The molecule has 0 aliphatic carbocycles. The van der Waals surface area contributed by atoms with Gasteiger partial charge in [-0.3, -0.25) is 14.4 Å². The van der Waals surface area contributed by atoms with Crippen LogP contribution >= 0.6 is 0 Å². The average molecular weight is 536 g/mol. The van der Waals surface area contributed by atoms with Gasteiger partial charge in [0.25, 0.3) is 11.8 Å². The van der Waals surface area contributed by atoms with E-state index >= 15 is 0 Å². The summed E-state index contributed by atoms with van der Waals surface area (Å²) < 4.78 is 31.7. The van der Waals surface area contributed by atoms with Crippen molar-refractivity contribution in [1.82, 2.24) is 10.2 Å². The van der Waals surface area contributed by atoms with Crippen molar-refractivity contribution in [3.05, 3.63) is 65.2 Å². The van der Waals surface area contributed by atoms with E-state index in [-0.39, 0.29) is 23.6 Å². The highest BCUT2D eigenvalue weighted by Gasteiger charge is 2.38. The molecule has 2 aromatic rings. The first-order chi connectivity index (χ1) is 17.9. The van der Waals surface area contributed by atoms with Gasteiger partial charge in [0.05, 0.1) is 5.92 Å². The number of amides is 3. The molecule has 206 valence electrons. The van der Waals surface area contributed by atoms with Crippen molar-refractivity contribution in [3.8, 4) is 0 Å². The highest BCUT2D eigenvalue weighted by atomic mass is 19.4. The van der Waals surface area contributed by atoms with Gasteiger partial charge in [-0.15, -0.1) is 0 Å². The summed E-state index contributed by atoms with van der Waals surface area (Å²) in [4.78, 5) is 48.3. The number of halogens is 3. The fraction of sp³-hybridized carbons (Fsp3) is 0.407. The molecule has 1 unspecified atom stereocenters. The summed E-state index contributed by atoms with van der Waals surface area (Å²) in [6.07, 6.45) is -1.45. The maximum atomic E-state index is 12.9. The quantitative estimate of drug-likeness (QED) is 0.447. The van der Waals surface area contributed by atoms with Gasteiger partial charge in [-0.2, -0.15) is 13.2 Å². The summed E-state index contributed by atoms with van der Waals surface area (Å²) in [5, 5.41) is 13.0. The summed E-state index contributed by atoms with van der Waals surface area (Å²) in [6.45, 7) is 5.86. The molecule has 1 aliphatic heterocycles. The number of hydrogen-bond donors (Lipinski definition) is 3. The number of nitrogens with one attached hydrogen (secondary N) is 2. The van der Waals surface area contributed by atoms with Crippen LogP contribution in [0.2, 0.25) is 0 Å². The highest BCUT2D eigenvalue weighted by Crippen LogP contribution is 2.20. The molecular formula is C27H32F3N3O5. The van der Waals surface area contributed by atoms with Crippen LogP contribution in [0.1, 0.15) is 58.9 Å². The lowest BCUT2D eigenvalue weighted by atomic mass is 9.96. The number of carboxylic acid groups (broad SMARTS) is 1. The van der Waals surface area contributed by atoms with E-state index in [4.69, 9.17) is 9.90 Å². The normalized spacial score (nSPS) is 15.1. The summed E-state index contributed by atoms with van der Waals surface area (Å²) in [5.41, 5.74) is 2.87. The molecule has 0 bridgehead atoms. The van der Waals surface area contributed by atoms with E-state index in [1.807, 2.05) is 19.1 Å². The summed E-state index contributed by atoms with van der Waals surface area (Å²) >= 11 is 0. The van der Waals surface area contributed by atoms with E-state index in [1.165, 1.54) is 0 Å². The Hall–Kier alpha value is -3.89. The molecule has 1 heterocycles. The zero-order chi connectivity index (χ0) is 28.3. The topological polar surface area (TPSA) is 116 Å². The number of unbranched alkanes of at least 4 members (excludes halogenated alkanes) is 1. The van der Waals surface area contributed by atoms with E-state index in [0.717, 1.165) is 31.2 Å². The number of rotatable bonds is 7. The van der Waals surface area contributed by atoms with Gasteiger partial charge in [0.1, 0.15) is 0 Å². The van der Waals surface area contributed by atoms with Gasteiger partial charge in [0.15, 0.2) is 0 Å². The fourth-order valence-electron chi connectivity index (χ4n) is 3.70. The number of benzene rings is 2. The summed E-state index contributed by atoms with van der Waals surface area (Å²) in [5.74, 6) is -3.13. The number of aliphatic carboxylic acids is 1. The number of aryl methyl sites for hydroxylation is 1. The number of carbonyl (C=O) groups is 4. The van der Waals surface area contributed by atoms with Crippen LogP contribution in [-0.2, 0) is 9.59 Å². The van der Waals surface area contributed by atoms with Crippen molar-refractivity contribution < 1.29 is 37.5 Å². The molecule has 8 nitrogen and oxygen atoms in total. The van der Waals surface area contributed by atoms with Crippen LogP contribution in [0.15, 0.2) is 48.5 Å². The molecule has 1 aliphatic rings. The van der Waals surface area contributed by atoms with Crippen LogP contribution in [0.5, 0.6) is 0 Å². The minimum atomic E-state index is -5.08. The smallest absolute Gasteiger partial charge is 0.475 e. The number of alkyl halides is 3. The lowest BCUT2D eigenvalue weighted by molar-refractivity contribution is -0.192. The lowest BCUT2D eigenvalue weighted by Crippen LogP contribution is -2.45. The first kappa shape index (κ1) is 30.3. The van der Waals surface area contributed by atoms with Crippen molar-refractivity contribution in [2.45, 2.75) is 45.7 Å². The van der Waals surface area contributed by atoms with E-state index in [0.29, 0.717) is 36.4 Å². The van der Waals surface area contributed by atoms with Gasteiger partial charge >= 0.3 is 12.1 Å². The van der Waals surface area contributed by atoms with Gasteiger partial charge < -0.3 is 20.6 Å². The first-order valence-electron chi connectivity index (χ1n) is 12.3. The summed E-state index contributed by atoms with van der Waals surface area (Å²) in [7, 11) is 0. The molecule has 1 saturated heterocycles. The maximum absolute atomic E-state index is 12.9. The molecule has 0 radical (unpaired) electrons. The fourth-order valence-corrected chi connectivity index (χ4v) is 3.70. The maximum Gasteiger partial charge on any atom is 0.490 e. The van der Waals surface area contributed by atoms with E-state index in [2.05, 4.69) is 17.6 Å². The van der Waals surface area contributed by atoms with E-state index in [9.17, 15) is 27.6 Å². The van der Waals surface area contributed by atoms with Crippen molar-refractivity contribution in [2.75, 3.05) is 25.0 Å². The predicted octanol–water partition coefficient (Wildman–Crippen LogP) is 4.65.